The van der Waals surface area contributed by atoms with Gasteiger partial charge in [0.2, 0.25) is 21.8 Å². The molecule has 2 aromatic heterocycles. The van der Waals surface area contributed by atoms with E-state index < -0.39 is 44.0 Å². The average Bonchev–Trinajstić information content (AvgIpc) is 3.89. The number of thiazole rings is 1. The Morgan fingerprint density at radius 2 is 1.85 bits per heavy atom. The second-order valence-electron chi connectivity index (χ2n) is 16.1. The summed E-state index contributed by atoms with van der Waals surface area (Å²) < 4.78 is 40.1. The number of ether oxygens (including phenoxy) is 2. The maximum atomic E-state index is 14.5. The van der Waals surface area contributed by atoms with E-state index in [1.807, 2.05) is 42.7 Å². The first-order valence-corrected chi connectivity index (χ1v) is 21.1. The normalized spacial score (nSPS) is 27.9. The minimum absolute atomic E-state index is 0.109. The highest BCUT2D eigenvalue weighted by Gasteiger charge is 2.62. The number of Topliss-reactive ketones (excluding diaryl/α,β-unsaturated/α-hetero) is 1. The van der Waals surface area contributed by atoms with Crippen LogP contribution in [0.5, 0.6) is 11.5 Å². The molecule has 0 bridgehead atoms. The fourth-order valence-corrected chi connectivity index (χ4v) is 10.3. The molecule has 53 heavy (non-hydrogen) atoms. The number of amides is 2. The summed E-state index contributed by atoms with van der Waals surface area (Å²) in [5.74, 6) is -0.951. The van der Waals surface area contributed by atoms with Gasteiger partial charge in [-0.1, -0.05) is 26.0 Å². The summed E-state index contributed by atoms with van der Waals surface area (Å²) >= 11 is 1.52. The zero-order valence-electron chi connectivity index (χ0n) is 31.4. The molecule has 3 heterocycles. The molecule has 1 aromatic carbocycles. The van der Waals surface area contributed by atoms with Gasteiger partial charge in [-0.2, -0.15) is 0 Å². The fourth-order valence-electron chi connectivity index (χ4n) is 8.00. The van der Waals surface area contributed by atoms with E-state index >= 15 is 0 Å². The zero-order valence-corrected chi connectivity index (χ0v) is 33.1. The smallest absolute Gasteiger partial charge is 0.240 e. The topological polar surface area (TPSA) is 145 Å². The van der Waals surface area contributed by atoms with Gasteiger partial charge in [0.1, 0.15) is 34.1 Å². The van der Waals surface area contributed by atoms with Gasteiger partial charge in [0.15, 0.2) is 0 Å². The molecule has 7 rings (SSSR count). The van der Waals surface area contributed by atoms with Crippen LogP contribution < -0.4 is 14.2 Å². The lowest BCUT2D eigenvalue weighted by Gasteiger charge is -2.26. The molecule has 13 heteroatoms. The maximum absolute atomic E-state index is 14.5. The molecule has 1 aliphatic heterocycles. The first kappa shape index (κ1) is 37.5. The molecule has 3 saturated carbocycles. The number of methoxy groups -OCH3 is 1. The molecule has 3 aromatic rings. The Morgan fingerprint density at radius 3 is 2.55 bits per heavy atom. The van der Waals surface area contributed by atoms with Gasteiger partial charge < -0.3 is 14.4 Å². The molecule has 0 radical (unpaired) electrons. The molecule has 0 spiro atoms. The monoisotopic (exact) mass is 762 g/mol. The number of carbonyl (C=O) groups excluding carboxylic acids is 3. The van der Waals surface area contributed by atoms with Crippen molar-refractivity contribution < 1.29 is 32.3 Å². The summed E-state index contributed by atoms with van der Waals surface area (Å²) in [6.07, 6.45) is 7.85. The van der Waals surface area contributed by atoms with Crippen LogP contribution in [-0.2, 0) is 24.4 Å². The number of rotatable bonds is 8. The number of hydrogen-bond donors (Lipinski definition) is 1. The zero-order chi connectivity index (χ0) is 37.9. The third kappa shape index (κ3) is 7.11. The Morgan fingerprint density at radius 1 is 1.09 bits per heavy atom. The van der Waals surface area contributed by atoms with E-state index in [1.54, 1.807) is 26.0 Å². The number of nitrogens with zero attached hydrogens (tertiary/aromatic N) is 3. The number of pyridine rings is 1. The molecule has 284 valence electrons. The Bertz CT molecular complexity index is 2090. The van der Waals surface area contributed by atoms with Crippen LogP contribution in [-0.4, -0.2) is 72.4 Å². The van der Waals surface area contributed by atoms with Crippen molar-refractivity contribution in [2.75, 3.05) is 20.7 Å². The van der Waals surface area contributed by atoms with E-state index in [0.29, 0.717) is 55.8 Å². The standard InChI is InChI=1S/C40H50N4O7S2/c1-23(2)31-22-52-36(42-31)30-19-34(27-12-13-33(50-6)24(3)35(27)41-30)51-26-17-28-29(18-26)37(46)44(5)16-10-8-7-9-11-25-20-40(25,21-32(28)45)38(47)43-53(48,49)39(4)14-15-39/h9,11-13,19,22-23,25-26,28-29H,7-8,10,14-18,20-21H2,1-6H3,(H,43,47)/b11-9-/t25-,26-,28-,29-,40-/m1/s1. The highest BCUT2D eigenvalue weighted by molar-refractivity contribution is 7.91. The van der Waals surface area contributed by atoms with Gasteiger partial charge in [-0.15, -0.1) is 11.3 Å². The quantitative estimate of drug-likeness (QED) is 0.247. The lowest BCUT2D eigenvalue weighted by Crippen LogP contribution is -2.44. The van der Waals surface area contributed by atoms with Gasteiger partial charge in [0.05, 0.1) is 34.4 Å². The van der Waals surface area contributed by atoms with Crippen LogP contribution >= 0.6 is 11.3 Å². The number of carbonyl (C=O) groups is 3. The second-order valence-corrected chi connectivity index (χ2v) is 19.2. The number of fused-ring (bicyclic) bond motifs is 3. The lowest BCUT2D eigenvalue weighted by atomic mass is 9.84. The summed E-state index contributed by atoms with van der Waals surface area (Å²) in [4.78, 5) is 54.0. The molecule has 4 aliphatic rings. The Kier molecular flexibility index (Phi) is 9.97. The first-order valence-electron chi connectivity index (χ1n) is 18.8. The van der Waals surface area contributed by atoms with Gasteiger partial charge in [0.25, 0.3) is 0 Å². The molecule has 0 unspecified atom stereocenters. The Labute approximate surface area is 316 Å². The van der Waals surface area contributed by atoms with Crippen molar-refractivity contribution in [1.82, 2.24) is 19.6 Å². The summed E-state index contributed by atoms with van der Waals surface area (Å²) in [5, 5.41) is 3.60. The van der Waals surface area contributed by atoms with Crippen LogP contribution in [0.1, 0.15) is 95.7 Å². The molecule has 0 saturated heterocycles. The Hall–Kier alpha value is -3.84. The fraction of sp³-hybridized carbons (Fsp3) is 0.575. The van der Waals surface area contributed by atoms with E-state index in [2.05, 4.69) is 18.6 Å². The van der Waals surface area contributed by atoms with Crippen molar-refractivity contribution >= 4 is 49.9 Å². The van der Waals surface area contributed by atoms with Crippen LogP contribution in [0.25, 0.3) is 21.6 Å². The molecule has 5 atom stereocenters. The van der Waals surface area contributed by atoms with Gasteiger partial charge in [-0.05, 0) is 89.2 Å². The SMILES string of the molecule is COc1ccc2c(O[C@@H]3C[C@H]4C(=O)C[C@]5(C(=O)NS(=O)(=O)C6(C)CC6)C[C@H]5/C=C\CCCCN(C)C(=O)[C@@H]4C3)cc(-c3nc(C(C)C)cs3)nc2c1C. The second kappa shape index (κ2) is 14.1. The van der Waals surface area contributed by atoms with Gasteiger partial charge in [0, 0.05) is 48.3 Å². The van der Waals surface area contributed by atoms with Crippen LogP contribution in [0.4, 0.5) is 0 Å². The summed E-state index contributed by atoms with van der Waals surface area (Å²) in [7, 11) is -0.477. The van der Waals surface area contributed by atoms with Crippen molar-refractivity contribution in [3.05, 3.63) is 47.0 Å². The van der Waals surface area contributed by atoms with Gasteiger partial charge >= 0.3 is 0 Å². The molecule has 3 fully saturated rings. The Balaban J connectivity index is 1.21. The number of benzene rings is 1. The van der Waals surface area contributed by atoms with Crippen molar-refractivity contribution in [3.8, 4) is 22.2 Å². The van der Waals surface area contributed by atoms with Crippen molar-refractivity contribution in [2.24, 2.45) is 23.2 Å². The van der Waals surface area contributed by atoms with Crippen molar-refractivity contribution in [1.29, 1.82) is 0 Å². The lowest BCUT2D eigenvalue weighted by molar-refractivity contribution is -0.140. The number of nitrogens with one attached hydrogen (secondary N) is 1. The van der Waals surface area contributed by atoms with Crippen LogP contribution in [0.15, 0.2) is 35.7 Å². The van der Waals surface area contributed by atoms with Crippen molar-refractivity contribution in [2.45, 2.75) is 102 Å². The van der Waals surface area contributed by atoms with E-state index in [1.165, 1.54) is 11.3 Å². The van der Waals surface area contributed by atoms with E-state index in [-0.39, 0.29) is 29.9 Å². The predicted molar refractivity (Wildman–Crippen MR) is 204 cm³/mol. The summed E-state index contributed by atoms with van der Waals surface area (Å²) in [6, 6.07) is 5.70. The van der Waals surface area contributed by atoms with Crippen molar-refractivity contribution in [3.63, 3.8) is 0 Å². The third-order valence-electron chi connectivity index (χ3n) is 12.0. The first-order chi connectivity index (χ1) is 25.2. The largest absolute Gasteiger partial charge is 0.496 e. The number of sulfonamides is 1. The van der Waals surface area contributed by atoms with Crippen LogP contribution in [0, 0.1) is 30.1 Å². The summed E-state index contributed by atoms with van der Waals surface area (Å²) in [5.41, 5.74) is 2.06. The third-order valence-corrected chi connectivity index (χ3v) is 15.1. The van der Waals surface area contributed by atoms with Gasteiger partial charge in [-0.25, -0.2) is 18.4 Å². The molecule has 3 aliphatic carbocycles. The maximum Gasteiger partial charge on any atom is 0.240 e. The molecule has 2 amide bonds. The van der Waals surface area contributed by atoms with Crippen LogP contribution in [0.2, 0.25) is 0 Å². The predicted octanol–water partition coefficient (Wildman–Crippen LogP) is 6.73. The summed E-state index contributed by atoms with van der Waals surface area (Å²) in [6.45, 7) is 8.37. The highest BCUT2D eigenvalue weighted by atomic mass is 32.2. The molecular formula is C40H50N4O7S2. The minimum atomic E-state index is -3.89. The number of aryl methyl sites for hydroxylation is 1. The van der Waals surface area contributed by atoms with E-state index in [4.69, 9.17) is 19.4 Å². The molecular weight excluding hydrogens is 713 g/mol. The molecule has 11 nitrogen and oxygen atoms in total. The average molecular weight is 763 g/mol. The van der Waals surface area contributed by atoms with E-state index in [9.17, 15) is 22.8 Å². The number of allylic oxidation sites excluding steroid dienone is 2. The van der Waals surface area contributed by atoms with E-state index in [0.717, 1.165) is 46.4 Å². The molecule has 1 N–H and O–H groups in total. The number of aromatic nitrogens is 2. The minimum Gasteiger partial charge on any atom is -0.496 e. The number of ketones is 1. The highest BCUT2D eigenvalue weighted by Crippen LogP contribution is 2.58. The van der Waals surface area contributed by atoms with Crippen LogP contribution in [0.3, 0.4) is 0 Å². The number of hydrogen-bond acceptors (Lipinski definition) is 10. The van der Waals surface area contributed by atoms with Gasteiger partial charge in [-0.3, -0.25) is 19.1 Å².